The van der Waals surface area contributed by atoms with E-state index in [9.17, 15) is 0 Å². The van der Waals surface area contributed by atoms with Gasteiger partial charge in [0.15, 0.2) is 11.5 Å². The second kappa shape index (κ2) is 7.55. The van der Waals surface area contributed by atoms with Crippen molar-refractivity contribution in [1.82, 2.24) is 15.1 Å². The summed E-state index contributed by atoms with van der Waals surface area (Å²) in [6, 6.07) is 24.7. The highest BCUT2D eigenvalue weighted by Crippen LogP contribution is 2.43. The van der Waals surface area contributed by atoms with Crippen molar-refractivity contribution in [3.05, 3.63) is 91.3 Å². The van der Waals surface area contributed by atoms with Crippen molar-refractivity contribution in [2.75, 3.05) is 5.32 Å². The molecule has 1 aliphatic heterocycles. The minimum atomic E-state index is 0.426. The first kappa shape index (κ1) is 18.1. The smallest absolute Gasteiger partial charge is 0.258 e. The lowest BCUT2D eigenvalue weighted by atomic mass is 10.1. The number of fused-ring (bicyclic) bond motifs is 2. The molecule has 0 radical (unpaired) electrons. The topological polar surface area (TPSA) is 82.3 Å². The largest absolute Gasteiger partial charge is 0.456 e. The monoisotopic (exact) mass is 420 g/mol. The molecule has 3 heterocycles. The van der Waals surface area contributed by atoms with Gasteiger partial charge in [-0.25, -0.2) is 0 Å². The van der Waals surface area contributed by atoms with Crippen molar-refractivity contribution in [2.45, 2.75) is 0 Å². The molecule has 0 amide bonds. The average molecular weight is 420 g/mol. The molecule has 1 N–H and O–H groups in total. The molecule has 0 unspecified atom stereocenters. The van der Waals surface area contributed by atoms with Crippen LogP contribution in [0.25, 0.3) is 22.8 Å². The van der Waals surface area contributed by atoms with Crippen molar-refractivity contribution in [3.8, 4) is 45.8 Å². The third-order valence-corrected chi connectivity index (χ3v) is 5.01. The van der Waals surface area contributed by atoms with Crippen molar-refractivity contribution in [2.24, 2.45) is 0 Å². The van der Waals surface area contributed by atoms with Crippen LogP contribution >= 0.6 is 0 Å². The molecule has 0 atom stereocenters. The highest BCUT2D eigenvalue weighted by Gasteiger charge is 2.18. The van der Waals surface area contributed by atoms with Gasteiger partial charge in [0, 0.05) is 17.3 Å². The van der Waals surface area contributed by atoms with Gasteiger partial charge in [-0.05, 0) is 66.7 Å². The Labute approximate surface area is 183 Å². The predicted octanol–water partition coefficient (Wildman–Crippen LogP) is 6.44. The molecule has 5 aromatic rings. The maximum Gasteiger partial charge on any atom is 0.258 e. The van der Waals surface area contributed by atoms with Gasteiger partial charge < -0.3 is 19.3 Å². The van der Waals surface area contributed by atoms with Gasteiger partial charge in [0.1, 0.15) is 11.5 Å². The average Bonchev–Trinajstić information content (AvgIpc) is 3.34. The summed E-state index contributed by atoms with van der Waals surface area (Å²) in [6.07, 6.45) is 3.36. The summed E-state index contributed by atoms with van der Waals surface area (Å²) in [6.45, 7) is 0. The first-order chi connectivity index (χ1) is 15.8. The summed E-state index contributed by atoms with van der Waals surface area (Å²) in [4.78, 5) is 8.60. The van der Waals surface area contributed by atoms with E-state index in [0.717, 1.165) is 28.3 Å². The number of aromatic nitrogens is 3. The van der Waals surface area contributed by atoms with Gasteiger partial charge in [-0.1, -0.05) is 17.3 Å². The Kier molecular flexibility index (Phi) is 4.28. The fourth-order valence-electron chi connectivity index (χ4n) is 3.44. The second-order valence-electron chi connectivity index (χ2n) is 7.17. The Morgan fingerprint density at radius 3 is 2.47 bits per heavy atom. The van der Waals surface area contributed by atoms with Crippen LogP contribution < -0.4 is 14.8 Å². The van der Waals surface area contributed by atoms with Crippen LogP contribution in [0.5, 0.6) is 23.0 Å². The summed E-state index contributed by atoms with van der Waals surface area (Å²) < 4.78 is 17.3. The maximum absolute atomic E-state index is 6.03. The number of pyridine rings is 1. The molecule has 7 nitrogen and oxygen atoms in total. The molecule has 0 aliphatic carbocycles. The van der Waals surface area contributed by atoms with Crippen molar-refractivity contribution in [1.29, 1.82) is 0 Å². The van der Waals surface area contributed by atoms with E-state index in [-0.39, 0.29) is 0 Å². The lowest BCUT2D eigenvalue weighted by molar-refractivity contribution is 0.432. The number of nitrogens with zero attached hydrogens (tertiary/aromatic N) is 3. The highest BCUT2D eigenvalue weighted by molar-refractivity contribution is 5.78. The minimum Gasteiger partial charge on any atom is -0.456 e. The van der Waals surface area contributed by atoms with Crippen LogP contribution in [0.15, 0.2) is 95.8 Å². The van der Waals surface area contributed by atoms with Gasteiger partial charge in [0.2, 0.25) is 5.82 Å². The number of benzene rings is 3. The number of ether oxygens (including phenoxy) is 2. The van der Waals surface area contributed by atoms with E-state index >= 15 is 0 Å². The summed E-state index contributed by atoms with van der Waals surface area (Å²) in [5.74, 6) is 3.77. The van der Waals surface area contributed by atoms with Crippen LogP contribution in [0.4, 0.5) is 11.4 Å². The van der Waals surface area contributed by atoms with Crippen molar-refractivity contribution >= 4 is 11.4 Å². The number of nitrogens with one attached hydrogen (secondary N) is 1. The molecule has 2 aromatic heterocycles. The zero-order valence-corrected chi connectivity index (χ0v) is 16.7. The molecular formula is C25H16N4O3. The zero-order valence-electron chi connectivity index (χ0n) is 16.7. The fraction of sp³-hybridized carbons (Fsp3) is 0. The number of rotatable bonds is 4. The lowest BCUT2D eigenvalue weighted by Crippen LogP contribution is -2.02. The predicted molar refractivity (Wildman–Crippen MR) is 119 cm³/mol. The standard InChI is InChI=1S/C25H16N4O3/c1-2-6-22-20(5-1)27-21-12-9-17(14-23(21)31-22)24-28-25(32-29-24)16-7-10-18(11-8-16)30-19-4-3-13-26-15-19/h1-15,27H. The van der Waals surface area contributed by atoms with Gasteiger partial charge in [0.25, 0.3) is 5.89 Å². The normalized spacial score (nSPS) is 11.6. The lowest BCUT2D eigenvalue weighted by Gasteiger charge is -2.21. The van der Waals surface area contributed by atoms with Crippen LogP contribution in [-0.4, -0.2) is 15.1 Å². The Morgan fingerprint density at radius 2 is 1.59 bits per heavy atom. The molecule has 1 aliphatic rings. The molecule has 0 saturated heterocycles. The highest BCUT2D eigenvalue weighted by atomic mass is 16.5. The van der Waals surface area contributed by atoms with Gasteiger partial charge >= 0.3 is 0 Å². The summed E-state index contributed by atoms with van der Waals surface area (Å²) in [7, 11) is 0. The first-order valence-electron chi connectivity index (χ1n) is 10.0. The molecule has 32 heavy (non-hydrogen) atoms. The fourth-order valence-corrected chi connectivity index (χ4v) is 3.44. The molecule has 6 rings (SSSR count). The van der Waals surface area contributed by atoms with E-state index in [1.54, 1.807) is 12.4 Å². The second-order valence-corrected chi connectivity index (χ2v) is 7.17. The van der Waals surface area contributed by atoms with E-state index in [1.807, 2.05) is 78.9 Å². The zero-order chi connectivity index (χ0) is 21.3. The third-order valence-electron chi connectivity index (χ3n) is 5.01. The number of hydrogen-bond donors (Lipinski definition) is 1. The molecule has 3 aromatic carbocycles. The maximum atomic E-state index is 6.03. The Morgan fingerprint density at radius 1 is 0.750 bits per heavy atom. The molecular weight excluding hydrogens is 404 g/mol. The van der Waals surface area contributed by atoms with Crippen LogP contribution in [0.3, 0.4) is 0 Å². The summed E-state index contributed by atoms with van der Waals surface area (Å²) >= 11 is 0. The molecule has 0 bridgehead atoms. The van der Waals surface area contributed by atoms with E-state index in [1.165, 1.54) is 0 Å². The third kappa shape index (κ3) is 3.41. The van der Waals surface area contributed by atoms with E-state index in [0.29, 0.717) is 29.0 Å². The number of hydrogen-bond acceptors (Lipinski definition) is 7. The molecule has 0 fully saturated rings. The van der Waals surface area contributed by atoms with Gasteiger partial charge in [-0.2, -0.15) is 4.98 Å². The van der Waals surface area contributed by atoms with Gasteiger partial charge in [-0.3, -0.25) is 4.98 Å². The van der Waals surface area contributed by atoms with E-state index < -0.39 is 0 Å². The van der Waals surface area contributed by atoms with Crippen LogP contribution in [0.2, 0.25) is 0 Å². The van der Waals surface area contributed by atoms with Crippen LogP contribution in [0, 0.1) is 0 Å². The van der Waals surface area contributed by atoms with Crippen molar-refractivity contribution < 1.29 is 14.0 Å². The first-order valence-corrected chi connectivity index (χ1v) is 10.0. The SMILES string of the molecule is c1cncc(Oc2ccc(-c3nc(-c4ccc5c(c4)Oc4ccccc4N5)no3)cc2)c1. The molecule has 7 heteroatoms. The number of para-hydroxylation sites is 2. The van der Waals surface area contributed by atoms with Crippen LogP contribution in [-0.2, 0) is 0 Å². The Bertz CT molecular complexity index is 1400. The van der Waals surface area contributed by atoms with Crippen LogP contribution in [0.1, 0.15) is 0 Å². The van der Waals surface area contributed by atoms with E-state index in [2.05, 4.69) is 20.4 Å². The van der Waals surface area contributed by atoms with Gasteiger partial charge in [-0.15, -0.1) is 0 Å². The number of anilines is 2. The summed E-state index contributed by atoms with van der Waals surface area (Å²) in [5.41, 5.74) is 3.43. The Balaban J connectivity index is 1.23. The minimum absolute atomic E-state index is 0.426. The van der Waals surface area contributed by atoms with Crippen molar-refractivity contribution in [3.63, 3.8) is 0 Å². The molecule has 0 spiro atoms. The quantitative estimate of drug-likeness (QED) is 0.351. The molecule has 154 valence electrons. The van der Waals surface area contributed by atoms with Gasteiger partial charge in [0.05, 0.1) is 17.6 Å². The summed E-state index contributed by atoms with van der Waals surface area (Å²) in [5, 5.41) is 7.51. The molecule has 0 saturated carbocycles. The van der Waals surface area contributed by atoms with E-state index in [4.69, 9.17) is 14.0 Å². The Hall–Kier alpha value is -4.65.